The maximum absolute atomic E-state index is 5.50. The molecule has 0 aromatic carbocycles. The van der Waals surface area contributed by atoms with E-state index in [1.165, 1.54) is 5.56 Å². The minimum atomic E-state index is -0.195. The first-order valence-electron chi connectivity index (χ1n) is 5.00. The van der Waals surface area contributed by atoms with Crippen molar-refractivity contribution in [3.8, 4) is 0 Å². The highest BCUT2D eigenvalue weighted by Crippen LogP contribution is 2.33. The molecular weight excluding hydrogens is 178 g/mol. The van der Waals surface area contributed by atoms with Crippen molar-refractivity contribution in [2.75, 3.05) is 13.7 Å². The molecule has 0 radical (unpaired) electrons. The molecular formula is C11H17NO2. The molecule has 1 atom stereocenters. The number of nitrogens with one attached hydrogen (secondary N) is 1. The fourth-order valence-corrected chi connectivity index (χ4v) is 1.99. The molecule has 3 heteroatoms. The number of hydrogen-bond donors (Lipinski definition) is 1. The number of furan rings is 1. The molecule has 0 amide bonds. The van der Waals surface area contributed by atoms with Gasteiger partial charge in [0.1, 0.15) is 5.76 Å². The molecule has 0 saturated heterocycles. The second-order valence-electron chi connectivity index (χ2n) is 4.24. The van der Waals surface area contributed by atoms with E-state index < -0.39 is 0 Å². The minimum Gasteiger partial charge on any atom is -0.469 e. The second-order valence-corrected chi connectivity index (χ2v) is 4.24. The molecule has 14 heavy (non-hydrogen) atoms. The monoisotopic (exact) mass is 195 g/mol. The zero-order valence-corrected chi connectivity index (χ0v) is 8.96. The molecule has 0 bridgehead atoms. The van der Waals surface area contributed by atoms with E-state index in [0.717, 1.165) is 18.7 Å². The van der Waals surface area contributed by atoms with E-state index in [4.69, 9.17) is 9.15 Å². The smallest absolute Gasteiger partial charge is 0.109 e. The van der Waals surface area contributed by atoms with Gasteiger partial charge in [-0.25, -0.2) is 0 Å². The van der Waals surface area contributed by atoms with Crippen molar-refractivity contribution < 1.29 is 9.15 Å². The zero-order valence-electron chi connectivity index (χ0n) is 8.96. The minimum absolute atomic E-state index is 0.195. The molecule has 1 N–H and O–H groups in total. The van der Waals surface area contributed by atoms with E-state index in [1.807, 2.05) is 6.07 Å². The summed E-state index contributed by atoms with van der Waals surface area (Å²) < 4.78 is 10.9. The van der Waals surface area contributed by atoms with Gasteiger partial charge >= 0.3 is 0 Å². The van der Waals surface area contributed by atoms with Crippen molar-refractivity contribution in [2.24, 2.45) is 0 Å². The average Bonchev–Trinajstić information content (AvgIpc) is 2.64. The van der Waals surface area contributed by atoms with Crippen molar-refractivity contribution in [3.05, 3.63) is 23.7 Å². The first-order chi connectivity index (χ1) is 6.65. The van der Waals surface area contributed by atoms with Crippen molar-refractivity contribution in [2.45, 2.75) is 31.9 Å². The number of methoxy groups -OCH3 is 1. The van der Waals surface area contributed by atoms with Crippen LogP contribution in [0.2, 0.25) is 0 Å². The number of rotatable bonds is 2. The third kappa shape index (κ3) is 1.47. The Balaban J connectivity index is 2.32. The highest BCUT2D eigenvalue weighted by Gasteiger charge is 2.35. The van der Waals surface area contributed by atoms with Gasteiger partial charge in [0.15, 0.2) is 0 Å². The standard InChI is InChI=1S/C11H17NO2/c1-11(2,13-3)10-8-5-7-14-9(8)4-6-12-10/h5,7,10,12H,4,6H2,1-3H3. The van der Waals surface area contributed by atoms with Gasteiger partial charge in [0.2, 0.25) is 0 Å². The maximum Gasteiger partial charge on any atom is 0.109 e. The van der Waals surface area contributed by atoms with E-state index in [9.17, 15) is 0 Å². The molecule has 1 aliphatic rings. The van der Waals surface area contributed by atoms with Crippen LogP contribution in [0.25, 0.3) is 0 Å². The van der Waals surface area contributed by atoms with Crippen LogP contribution in [-0.4, -0.2) is 19.3 Å². The van der Waals surface area contributed by atoms with Gasteiger partial charge in [0.25, 0.3) is 0 Å². The van der Waals surface area contributed by atoms with Crippen LogP contribution in [0, 0.1) is 0 Å². The summed E-state index contributed by atoms with van der Waals surface area (Å²) in [6.45, 7) is 5.14. The molecule has 1 aromatic rings. The van der Waals surface area contributed by atoms with Gasteiger partial charge in [-0.1, -0.05) is 0 Å². The first kappa shape index (κ1) is 9.74. The van der Waals surface area contributed by atoms with E-state index in [-0.39, 0.29) is 11.6 Å². The zero-order chi connectivity index (χ0) is 10.2. The number of ether oxygens (including phenoxy) is 1. The summed E-state index contributed by atoms with van der Waals surface area (Å²) in [5, 5.41) is 3.47. The van der Waals surface area contributed by atoms with E-state index in [2.05, 4.69) is 19.2 Å². The van der Waals surface area contributed by atoms with Crippen LogP contribution < -0.4 is 5.32 Å². The van der Waals surface area contributed by atoms with Crippen molar-refractivity contribution in [3.63, 3.8) is 0 Å². The Morgan fingerprint density at radius 3 is 3.07 bits per heavy atom. The van der Waals surface area contributed by atoms with Crippen LogP contribution in [0.1, 0.15) is 31.2 Å². The lowest BCUT2D eigenvalue weighted by atomic mass is 9.89. The molecule has 1 aliphatic heterocycles. The van der Waals surface area contributed by atoms with Crippen LogP contribution in [0.5, 0.6) is 0 Å². The SMILES string of the molecule is COC(C)(C)C1NCCc2occc21. The van der Waals surface area contributed by atoms with Gasteiger partial charge in [-0.15, -0.1) is 0 Å². The normalized spacial score (nSPS) is 22.1. The van der Waals surface area contributed by atoms with Gasteiger partial charge in [0.05, 0.1) is 17.9 Å². The van der Waals surface area contributed by atoms with Crippen LogP contribution in [0.3, 0.4) is 0 Å². The largest absolute Gasteiger partial charge is 0.469 e. The Labute approximate surface area is 84.4 Å². The average molecular weight is 195 g/mol. The predicted octanol–water partition coefficient (Wildman–Crippen LogP) is 1.89. The lowest BCUT2D eigenvalue weighted by Crippen LogP contribution is -2.44. The summed E-state index contributed by atoms with van der Waals surface area (Å²) in [6, 6.07) is 2.27. The summed E-state index contributed by atoms with van der Waals surface area (Å²) in [5.41, 5.74) is 1.04. The van der Waals surface area contributed by atoms with Gasteiger partial charge in [0, 0.05) is 25.6 Å². The molecule has 78 valence electrons. The Hall–Kier alpha value is -0.800. The molecule has 1 unspecified atom stereocenters. The fraction of sp³-hybridized carbons (Fsp3) is 0.636. The molecule has 3 nitrogen and oxygen atoms in total. The lowest BCUT2D eigenvalue weighted by molar-refractivity contribution is -0.0134. The maximum atomic E-state index is 5.50. The summed E-state index contributed by atoms with van der Waals surface area (Å²) in [4.78, 5) is 0. The van der Waals surface area contributed by atoms with Gasteiger partial charge < -0.3 is 14.5 Å². The Morgan fingerprint density at radius 2 is 2.36 bits per heavy atom. The molecule has 2 rings (SSSR count). The first-order valence-corrected chi connectivity index (χ1v) is 5.00. The number of fused-ring (bicyclic) bond motifs is 1. The van der Waals surface area contributed by atoms with Crippen molar-refractivity contribution in [1.82, 2.24) is 5.32 Å². The predicted molar refractivity (Wildman–Crippen MR) is 54.2 cm³/mol. The Kier molecular flexibility index (Phi) is 2.37. The van der Waals surface area contributed by atoms with Crippen molar-refractivity contribution >= 4 is 0 Å². The van der Waals surface area contributed by atoms with E-state index in [1.54, 1.807) is 13.4 Å². The molecule has 0 saturated carbocycles. The molecule has 2 heterocycles. The summed E-state index contributed by atoms with van der Waals surface area (Å²) >= 11 is 0. The van der Waals surface area contributed by atoms with Crippen molar-refractivity contribution in [1.29, 1.82) is 0 Å². The third-order valence-electron chi connectivity index (χ3n) is 3.01. The van der Waals surface area contributed by atoms with Gasteiger partial charge in [-0.3, -0.25) is 0 Å². The van der Waals surface area contributed by atoms with E-state index >= 15 is 0 Å². The lowest BCUT2D eigenvalue weighted by Gasteiger charge is -2.36. The topological polar surface area (TPSA) is 34.4 Å². The fourth-order valence-electron chi connectivity index (χ4n) is 1.99. The Bertz CT molecular complexity index is 317. The summed E-state index contributed by atoms with van der Waals surface area (Å²) in [7, 11) is 1.75. The van der Waals surface area contributed by atoms with Crippen LogP contribution in [0.15, 0.2) is 16.7 Å². The number of hydrogen-bond acceptors (Lipinski definition) is 3. The van der Waals surface area contributed by atoms with Crippen LogP contribution >= 0.6 is 0 Å². The van der Waals surface area contributed by atoms with Crippen LogP contribution in [0.4, 0.5) is 0 Å². The molecule has 0 aliphatic carbocycles. The van der Waals surface area contributed by atoms with Gasteiger partial charge in [-0.2, -0.15) is 0 Å². The highest BCUT2D eigenvalue weighted by atomic mass is 16.5. The second kappa shape index (κ2) is 3.41. The van der Waals surface area contributed by atoms with Crippen LogP contribution in [-0.2, 0) is 11.2 Å². The van der Waals surface area contributed by atoms with Gasteiger partial charge in [-0.05, 0) is 19.9 Å². The third-order valence-corrected chi connectivity index (χ3v) is 3.01. The van der Waals surface area contributed by atoms with E-state index in [0.29, 0.717) is 0 Å². The summed E-state index contributed by atoms with van der Waals surface area (Å²) in [6.07, 6.45) is 2.73. The highest BCUT2D eigenvalue weighted by molar-refractivity contribution is 5.26. The molecule has 0 spiro atoms. The quantitative estimate of drug-likeness (QED) is 0.782. The summed E-state index contributed by atoms with van der Waals surface area (Å²) in [5.74, 6) is 1.10. The molecule has 1 aromatic heterocycles. The Morgan fingerprint density at radius 1 is 1.57 bits per heavy atom. The molecule has 0 fully saturated rings.